The van der Waals surface area contributed by atoms with Crippen molar-refractivity contribution >= 4 is 51.5 Å². The van der Waals surface area contributed by atoms with Gasteiger partial charge in [0.2, 0.25) is 0 Å². The van der Waals surface area contributed by atoms with Gasteiger partial charge in [0.05, 0.1) is 0 Å². The second-order valence-corrected chi connectivity index (χ2v) is 9.97. The molecule has 3 nitrogen and oxygen atoms in total. The van der Waals surface area contributed by atoms with Gasteiger partial charge in [-0.1, -0.05) is 0 Å². The summed E-state index contributed by atoms with van der Waals surface area (Å²) < 4.78 is 2.22. The van der Waals surface area contributed by atoms with Crippen molar-refractivity contribution < 1.29 is 4.92 Å². The number of nitro groups is 1. The van der Waals surface area contributed by atoms with Crippen LogP contribution in [-0.4, -0.2) is 31.2 Å². The Morgan fingerprint density at radius 3 is 2.56 bits per heavy atom. The number of hydrogen-bond acceptors (Lipinski definition) is 3. The first kappa shape index (κ1) is 11.8. The molecule has 0 unspecified atom stereocenters. The molecule has 0 bridgehead atoms. The van der Waals surface area contributed by atoms with Gasteiger partial charge >= 0.3 is 108 Å². The molecule has 0 aliphatic rings. The van der Waals surface area contributed by atoms with Crippen molar-refractivity contribution in [3.8, 4) is 0 Å². The van der Waals surface area contributed by atoms with Crippen molar-refractivity contribution in [3.63, 3.8) is 0 Å². The van der Waals surface area contributed by atoms with E-state index in [4.69, 9.17) is 0 Å². The van der Waals surface area contributed by atoms with Crippen LogP contribution in [0.1, 0.15) is 0 Å². The van der Waals surface area contributed by atoms with Crippen molar-refractivity contribution in [2.75, 3.05) is 0 Å². The molecule has 0 atom stereocenters. The minimum absolute atomic E-state index is 0.205. The number of hydrogen-bond donors (Lipinski definition) is 0. The van der Waals surface area contributed by atoms with Crippen molar-refractivity contribution in [2.45, 2.75) is 0 Å². The molecule has 2 aromatic rings. The van der Waals surface area contributed by atoms with Gasteiger partial charge in [-0.2, -0.15) is 0 Å². The Hall–Kier alpha value is -0.641. The zero-order chi connectivity index (χ0) is 11.4. The molecule has 1 aromatic heterocycles. The van der Waals surface area contributed by atoms with E-state index in [-0.39, 0.29) is 18.1 Å². The normalized spacial score (nSPS) is 10.2. The predicted molar refractivity (Wildman–Crippen MR) is 68.2 cm³/mol. The zero-order valence-electron chi connectivity index (χ0n) is 8.03. The predicted octanol–water partition coefficient (Wildman–Crippen LogP) is 0.930. The number of thiophene rings is 1. The van der Waals surface area contributed by atoms with Gasteiger partial charge in [-0.05, 0) is 0 Å². The number of benzene rings is 1. The van der Waals surface area contributed by atoms with Gasteiger partial charge in [-0.3, -0.25) is 0 Å². The van der Waals surface area contributed by atoms with Crippen LogP contribution in [0.15, 0.2) is 41.8 Å². The van der Waals surface area contributed by atoms with Crippen LogP contribution in [0.5, 0.6) is 0 Å². The van der Waals surface area contributed by atoms with E-state index in [1.165, 1.54) is 15.8 Å². The molecule has 1 aromatic carbocycles. The summed E-state index contributed by atoms with van der Waals surface area (Å²) in [5.41, 5.74) is 0. The molecular formula is C10H7NO2SSe2. The summed E-state index contributed by atoms with van der Waals surface area (Å²) in [5, 5.41) is 12.8. The topological polar surface area (TPSA) is 43.1 Å². The van der Waals surface area contributed by atoms with E-state index in [1.807, 2.05) is 24.3 Å². The second-order valence-electron chi connectivity index (χ2n) is 2.83. The van der Waals surface area contributed by atoms with E-state index in [1.54, 1.807) is 5.38 Å². The summed E-state index contributed by atoms with van der Waals surface area (Å²) >= 11 is 1.76. The van der Waals surface area contributed by atoms with E-state index in [9.17, 15) is 10.1 Å². The quantitative estimate of drug-likeness (QED) is 0.461. The third-order valence-corrected chi connectivity index (χ3v) is 10.1. The molecule has 82 valence electrons. The average Bonchev–Trinajstić information content (AvgIpc) is 2.76. The summed E-state index contributed by atoms with van der Waals surface area (Å²) in [6, 6.07) is 12.1. The maximum atomic E-state index is 10.7. The summed E-state index contributed by atoms with van der Waals surface area (Å²) in [7, 11) is 0. The molecule has 0 aliphatic carbocycles. The average molecular weight is 363 g/mol. The van der Waals surface area contributed by atoms with Gasteiger partial charge in [-0.15, -0.1) is 0 Å². The Kier molecular flexibility index (Phi) is 4.15. The SMILES string of the molecule is O=[N+]([O-])c1sccc1[Se][Se]c1ccccc1. The summed E-state index contributed by atoms with van der Waals surface area (Å²) in [6.07, 6.45) is 0. The van der Waals surface area contributed by atoms with E-state index in [2.05, 4.69) is 12.1 Å². The molecule has 0 radical (unpaired) electrons. The molecule has 2 rings (SSSR count). The molecule has 0 N–H and O–H groups in total. The van der Waals surface area contributed by atoms with Crippen LogP contribution in [-0.2, 0) is 0 Å². The standard InChI is InChI=1S/C10H7NO2SSe2/c12-11(13)10-9(6-7-14-10)16-15-8-4-2-1-3-5-8/h1-7H. The third kappa shape index (κ3) is 2.94. The van der Waals surface area contributed by atoms with Crippen LogP contribution >= 0.6 is 11.3 Å². The molecular weight excluding hydrogens is 356 g/mol. The maximum absolute atomic E-state index is 10.7. The first-order valence-electron chi connectivity index (χ1n) is 4.39. The van der Waals surface area contributed by atoms with Crippen LogP contribution in [0.25, 0.3) is 0 Å². The van der Waals surface area contributed by atoms with Gasteiger partial charge in [0.15, 0.2) is 0 Å². The van der Waals surface area contributed by atoms with Crippen LogP contribution in [0.2, 0.25) is 0 Å². The van der Waals surface area contributed by atoms with Crippen molar-refractivity contribution in [1.29, 1.82) is 0 Å². The summed E-state index contributed by atoms with van der Waals surface area (Å²) in [6.45, 7) is 0. The first-order valence-corrected chi connectivity index (χ1v) is 11.3. The van der Waals surface area contributed by atoms with E-state index in [0.717, 1.165) is 4.46 Å². The molecule has 0 saturated heterocycles. The molecule has 0 saturated carbocycles. The summed E-state index contributed by atoms with van der Waals surface area (Å²) in [5.74, 6) is 0. The Labute approximate surface area is 108 Å². The van der Waals surface area contributed by atoms with Crippen molar-refractivity contribution in [1.82, 2.24) is 0 Å². The summed E-state index contributed by atoms with van der Waals surface area (Å²) in [4.78, 5) is 10.5. The monoisotopic (exact) mass is 365 g/mol. The fourth-order valence-electron chi connectivity index (χ4n) is 1.06. The molecule has 0 aliphatic heterocycles. The Morgan fingerprint density at radius 1 is 1.12 bits per heavy atom. The Morgan fingerprint density at radius 2 is 1.88 bits per heavy atom. The van der Waals surface area contributed by atoms with E-state index >= 15 is 0 Å². The van der Waals surface area contributed by atoms with Crippen LogP contribution in [0.3, 0.4) is 0 Å². The van der Waals surface area contributed by atoms with E-state index in [0.29, 0.717) is 18.1 Å². The molecule has 16 heavy (non-hydrogen) atoms. The van der Waals surface area contributed by atoms with Gasteiger partial charge in [0.25, 0.3) is 0 Å². The minimum atomic E-state index is -0.275. The molecule has 0 amide bonds. The van der Waals surface area contributed by atoms with Crippen LogP contribution < -0.4 is 8.92 Å². The second kappa shape index (κ2) is 5.62. The zero-order valence-corrected chi connectivity index (χ0v) is 12.3. The first-order chi connectivity index (χ1) is 7.77. The Bertz CT molecular complexity index is 487. The van der Waals surface area contributed by atoms with Gasteiger partial charge in [0.1, 0.15) is 0 Å². The molecule has 0 spiro atoms. The van der Waals surface area contributed by atoms with Gasteiger partial charge in [-0.25, -0.2) is 0 Å². The number of nitrogens with zero attached hydrogens (tertiary/aromatic N) is 1. The molecule has 0 fully saturated rings. The Balaban J connectivity index is 2.05. The number of rotatable bonds is 4. The van der Waals surface area contributed by atoms with E-state index < -0.39 is 0 Å². The molecule has 6 heteroatoms. The van der Waals surface area contributed by atoms with Gasteiger partial charge in [0, 0.05) is 0 Å². The van der Waals surface area contributed by atoms with Crippen LogP contribution in [0, 0.1) is 10.1 Å². The fourth-order valence-corrected chi connectivity index (χ4v) is 9.21. The van der Waals surface area contributed by atoms with Gasteiger partial charge < -0.3 is 0 Å². The van der Waals surface area contributed by atoms with Crippen molar-refractivity contribution in [3.05, 3.63) is 51.9 Å². The van der Waals surface area contributed by atoms with Crippen LogP contribution in [0.4, 0.5) is 5.00 Å². The molecule has 1 heterocycles. The third-order valence-electron chi connectivity index (χ3n) is 1.75. The van der Waals surface area contributed by atoms with Crippen molar-refractivity contribution in [2.24, 2.45) is 0 Å². The fraction of sp³-hybridized carbons (Fsp3) is 0.